The van der Waals surface area contributed by atoms with Gasteiger partial charge in [0.25, 0.3) is 11.5 Å². The lowest BCUT2D eigenvalue weighted by Gasteiger charge is -2.29. The number of pyridine rings is 1. The van der Waals surface area contributed by atoms with E-state index in [0.29, 0.717) is 10.9 Å². The van der Waals surface area contributed by atoms with E-state index >= 15 is 0 Å². The molecule has 2 N–H and O–H groups in total. The van der Waals surface area contributed by atoms with Crippen LogP contribution in [0.15, 0.2) is 59.8 Å². The molecule has 0 spiro atoms. The van der Waals surface area contributed by atoms with Gasteiger partial charge in [0.05, 0.1) is 28.5 Å². The van der Waals surface area contributed by atoms with Gasteiger partial charge in [-0.1, -0.05) is 18.2 Å². The van der Waals surface area contributed by atoms with E-state index in [1.807, 2.05) is 43.6 Å². The van der Waals surface area contributed by atoms with E-state index in [4.69, 9.17) is 0 Å². The highest BCUT2D eigenvalue weighted by atomic mass is 16.1. The molecular weight excluding hydrogens is 404 g/mol. The second-order valence-corrected chi connectivity index (χ2v) is 8.34. The van der Waals surface area contributed by atoms with Crippen molar-refractivity contribution < 1.29 is 4.79 Å². The molecule has 1 aliphatic rings. The number of nitrogens with one attached hydrogen (secondary N) is 2. The predicted octanol–water partition coefficient (Wildman–Crippen LogP) is 3.17. The molecule has 1 fully saturated rings. The van der Waals surface area contributed by atoms with Gasteiger partial charge >= 0.3 is 0 Å². The summed E-state index contributed by atoms with van der Waals surface area (Å²) in [7, 11) is 1.86. The van der Waals surface area contributed by atoms with Gasteiger partial charge in [-0.15, -0.1) is 0 Å². The number of fused-ring (bicyclic) bond motifs is 1. The van der Waals surface area contributed by atoms with Crippen LogP contribution in [0.1, 0.15) is 47.7 Å². The number of hydrogen-bond acceptors (Lipinski definition) is 5. The standard InChI is InChI=1S/C24H24N6O2/c1-30-14-17(13-26-30)21-11-8-16(12-25-21)23(31)27-18-9-6-15(7-10-18)22-19-4-2-3-5-20(19)24(32)29-28-22/h2-5,8,11-15,18H,6-7,9-10H2,1H3,(H,27,31)(H,29,32). The molecule has 0 aliphatic heterocycles. The first-order chi connectivity index (χ1) is 15.6. The number of carbonyl (C=O) groups is 1. The number of nitrogens with zero attached hydrogens (tertiary/aromatic N) is 4. The molecular formula is C24H24N6O2. The Morgan fingerprint density at radius 3 is 2.53 bits per heavy atom. The van der Waals surface area contributed by atoms with Crippen LogP contribution in [0, 0.1) is 0 Å². The summed E-state index contributed by atoms with van der Waals surface area (Å²) in [6.07, 6.45) is 8.80. The van der Waals surface area contributed by atoms with E-state index in [1.54, 1.807) is 23.1 Å². The molecule has 8 heteroatoms. The lowest BCUT2D eigenvalue weighted by atomic mass is 9.82. The first-order valence-corrected chi connectivity index (χ1v) is 10.8. The molecule has 1 saturated carbocycles. The monoisotopic (exact) mass is 428 g/mol. The molecule has 0 bridgehead atoms. The van der Waals surface area contributed by atoms with Crippen LogP contribution in [0.3, 0.4) is 0 Å². The van der Waals surface area contributed by atoms with Gasteiger partial charge in [-0.05, 0) is 43.9 Å². The summed E-state index contributed by atoms with van der Waals surface area (Å²) in [6, 6.07) is 11.4. The number of rotatable bonds is 4. The van der Waals surface area contributed by atoms with Crippen LogP contribution in [0.25, 0.3) is 22.0 Å². The lowest BCUT2D eigenvalue weighted by Crippen LogP contribution is -2.37. The normalized spacial score (nSPS) is 18.5. The van der Waals surface area contributed by atoms with Crippen LogP contribution in [-0.4, -0.2) is 36.9 Å². The van der Waals surface area contributed by atoms with Crippen LogP contribution in [0.5, 0.6) is 0 Å². The Hall–Kier alpha value is -3.81. The Labute approximate surface area is 184 Å². The van der Waals surface area contributed by atoms with Crippen molar-refractivity contribution >= 4 is 16.7 Å². The molecule has 0 unspecified atom stereocenters. The minimum atomic E-state index is -0.159. The maximum Gasteiger partial charge on any atom is 0.272 e. The lowest BCUT2D eigenvalue weighted by molar-refractivity contribution is 0.0925. The van der Waals surface area contributed by atoms with Gasteiger partial charge in [0.15, 0.2) is 0 Å². The maximum atomic E-state index is 12.7. The Morgan fingerprint density at radius 1 is 1.06 bits per heavy atom. The van der Waals surface area contributed by atoms with Crippen molar-refractivity contribution in [2.24, 2.45) is 7.05 Å². The molecule has 1 amide bonds. The fraction of sp³-hybridized carbons (Fsp3) is 0.292. The van der Waals surface area contributed by atoms with Crippen LogP contribution >= 0.6 is 0 Å². The number of hydrogen-bond donors (Lipinski definition) is 2. The van der Waals surface area contributed by atoms with E-state index in [2.05, 4.69) is 25.6 Å². The van der Waals surface area contributed by atoms with E-state index in [-0.39, 0.29) is 23.4 Å². The van der Waals surface area contributed by atoms with E-state index in [0.717, 1.165) is 48.0 Å². The van der Waals surface area contributed by atoms with Crippen molar-refractivity contribution in [3.8, 4) is 11.3 Å². The quantitative estimate of drug-likeness (QED) is 0.519. The average molecular weight is 428 g/mol. The summed E-state index contributed by atoms with van der Waals surface area (Å²) in [5, 5.41) is 15.9. The van der Waals surface area contributed by atoms with Crippen LogP contribution in [0.2, 0.25) is 0 Å². The van der Waals surface area contributed by atoms with E-state index in [1.165, 1.54) is 0 Å². The molecule has 3 aromatic heterocycles. The zero-order valence-electron chi connectivity index (χ0n) is 17.8. The third kappa shape index (κ3) is 3.91. The van der Waals surface area contributed by atoms with Gasteiger partial charge in [-0.2, -0.15) is 10.2 Å². The summed E-state index contributed by atoms with van der Waals surface area (Å²) >= 11 is 0. The smallest absolute Gasteiger partial charge is 0.272 e. The maximum absolute atomic E-state index is 12.7. The third-order valence-electron chi connectivity index (χ3n) is 6.20. The second kappa shape index (κ2) is 8.37. The number of aryl methyl sites for hydroxylation is 1. The highest BCUT2D eigenvalue weighted by molar-refractivity contribution is 5.94. The number of aromatic amines is 1. The molecule has 5 rings (SSSR count). The molecule has 0 saturated heterocycles. The molecule has 1 aromatic carbocycles. The minimum Gasteiger partial charge on any atom is -0.349 e. The van der Waals surface area contributed by atoms with E-state index in [9.17, 15) is 9.59 Å². The van der Waals surface area contributed by atoms with Gasteiger partial charge in [0.2, 0.25) is 0 Å². The number of amides is 1. The zero-order valence-corrected chi connectivity index (χ0v) is 17.8. The predicted molar refractivity (Wildman–Crippen MR) is 121 cm³/mol. The van der Waals surface area contributed by atoms with Crippen molar-refractivity contribution in [1.82, 2.24) is 30.3 Å². The molecule has 3 heterocycles. The van der Waals surface area contributed by atoms with Gasteiger partial charge in [-0.3, -0.25) is 19.3 Å². The van der Waals surface area contributed by atoms with Crippen molar-refractivity contribution in [1.29, 1.82) is 0 Å². The molecule has 1 aliphatic carbocycles. The highest BCUT2D eigenvalue weighted by Crippen LogP contribution is 2.34. The molecule has 162 valence electrons. The average Bonchev–Trinajstić information content (AvgIpc) is 3.26. The Morgan fingerprint density at radius 2 is 1.84 bits per heavy atom. The Bertz CT molecular complexity index is 1320. The summed E-state index contributed by atoms with van der Waals surface area (Å²) in [4.78, 5) is 29.2. The fourth-order valence-corrected chi connectivity index (χ4v) is 4.48. The highest BCUT2D eigenvalue weighted by Gasteiger charge is 2.26. The summed E-state index contributed by atoms with van der Waals surface area (Å²) in [5.74, 6) is 0.164. The Balaban J connectivity index is 1.22. The molecule has 4 aromatic rings. The minimum absolute atomic E-state index is 0.105. The summed E-state index contributed by atoms with van der Waals surface area (Å²) in [6.45, 7) is 0. The van der Waals surface area contributed by atoms with E-state index < -0.39 is 0 Å². The third-order valence-corrected chi connectivity index (χ3v) is 6.20. The number of aromatic nitrogens is 5. The number of benzene rings is 1. The zero-order chi connectivity index (χ0) is 22.1. The van der Waals surface area contributed by atoms with Crippen molar-refractivity contribution in [3.05, 3.63) is 76.6 Å². The summed E-state index contributed by atoms with van der Waals surface area (Å²) in [5.41, 5.74) is 3.04. The first-order valence-electron chi connectivity index (χ1n) is 10.8. The number of carbonyl (C=O) groups excluding carboxylic acids is 1. The van der Waals surface area contributed by atoms with Gasteiger partial charge in [-0.25, -0.2) is 5.10 Å². The molecule has 8 nitrogen and oxygen atoms in total. The molecule has 0 radical (unpaired) electrons. The van der Waals surface area contributed by atoms with Crippen LogP contribution in [-0.2, 0) is 7.05 Å². The van der Waals surface area contributed by atoms with Crippen molar-refractivity contribution in [3.63, 3.8) is 0 Å². The van der Waals surface area contributed by atoms with Crippen LogP contribution < -0.4 is 10.9 Å². The van der Waals surface area contributed by atoms with Crippen molar-refractivity contribution in [2.75, 3.05) is 0 Å². The Kier molecular flexibility index (Phi) is 5.26. The topological polar surface area (TPSA) is 106 Å². The first kappa shape index (κ1) is 20.1. The van der Waals surface area contributed by atoms with Gasteiger partial charge in [0, 0.05) is 42.4 Å². The van der Waals surface area contributed by atoms with Gasteiger partial charge in [0.1, 0.15) is 0 Å². The van der Waals surface area contributed by atoms with Gasteiger partial charge < -0.3 is 5.32 Å². The van der Waals surface area contributed by atoms with Crippen molar-refractivity contribution in [2.45, 2.75) is 37.6 Å². The SMILES string of the molecule is Cn1cc(-c2ccc(C(=O)NC3CCC(c4n[nH]c(=O)c5ccccc45)CC3)cn2)cn1. The largest absolute Gasteiger partial charge is 0.349 e. The molecule has 32 heavy (non-hydrogen) atoms. The fourth-order valence-electron chi connectivity index (χ4n) is 4.48. The second-order valence-electron chi connectivity index (χ2n) is 8.34. The molecule has 0 atom stereocenters. The number of H-pyrrole nitrogens is 1. The summed E-state index contributed by atoms with van der Waals surface area (Å²) < 4.78 is 1.72. The van der Waals surface area contributed by atoms with Crippen LogP contribution in [0.4, 0.5) is 0 Å².